The van der Waals surface area contributed by atoms with Crippen LogP contribution in [0.25, 0.3) is 0 Å². The minimum absolute atomic E-state index is 0.0202. The van der Waals surface area contributed by atoms with Crippen molar-refractivity contribution in [1.82, 2.24) is 15.1 Å². The molecular weight excluding hydrogens is 294 g/mol. The smallest absolute Gasteiger partial charge is 0.317 e. The lowest BCUT2D eigenvalue weighted by atomic mass is 10.2. The molecular formula is C13H17N3O2S2. The monoisotopic (exact) mass is 311 g/mol. The van der Waals surface area contributed by atoms with Gasteiger partial charge >= 0.3 is 6.03 Å². The molecule has 0 bridgehead atoms. The van der Waals surface area contributed by atoms with Gasteiger partial charge in [0, 0.05) is 31.1 Å². The summed E-state index contributed by atoms with van der Waals surface area (Å²) in [6.45, 7) is 4.74. The van der Waals surface area contributed by atoms with Crippen molar-refractivity contribution in [3.63, 3.8) is 0 Å². The third-order valence-electron chi connectivity index (χ3n) is 3.65. The van der Waals surface area contributed by atoms with Crippen LogP contribution in [0.5, 0.6) is 0 Å². The molecule has 2 fully saturated rings. The summed E-state index contributed by atoms with van der Waals surface area (Å²) in [5, 5.41) is 4.97. The molecule has 3 amide bonds. The third kappa shape index (κ3) is 2.52. The fourth-order valence-corrected chi connectivity index (χ4v) is 5.00. The van der Waals surface area contributed by atoms with Crippen LogP contribution in [0.15, 0.2) is 11.4 Å². The second-order valence-corrected chi connectivity index (χ2v) is 6.95. The van der Waals surface area contributed by atoms with Crippen molar-refractivity contribution >= 4 is 35.0 Å². The Balaban J connectivity index is 1.68. The molecule has 0 radical (unpaired) electrons. The van der Waals surface area contributed by atoms with E-state index in [-0.39, 0.29) is 17.3 Å². The average Bonchev–Trinajstić information content (AvgIpc) is 3.10. The highest BCUT2D eigenvalue weighted by Gasteiger charge is 2.34. The fourth-order valence-electron chi connectivity index (χ4n) is 2.50. The van der Waals surface area contributed by atoms with E-state index >= 15 is 0 Å². The maximum atomic E-state index is 12.1. The van der Waals surface area contributed by atoms with Crippen molar-refractivity contribution in [1.29, 1.82) is 0 Å². The van der Waals surface area contributed by atoms with Crippen molar-refractivity contribution in [2.24, 2.45) is 0 Å². The number of aryl methyl sites for hydroxylation is 1. The van der Waals surface area contributed by atoms with E-state index in [1.165, 1.54) is 10.4 Å². The molecule has 2 aliphatic rings. The Morgan fingerprint density at radius 1 is 1.40 bits per heavy atom. The van der Waals surface area contributed by atoms with Crippen LogP contribution in [0.4, 0.5) is 4.79 Å². The van der Waals surface area contributed by atoms with Crippen LogP contribution >= 0.6 is 23.1 Å². The van der Waals surface area contributed by atoms with Gasteiger partial charge in [-0.15, -0.1) is 23.1 Å². The number of carbonyl (C=O) groups excluding carboxylic acids is 2. The maximum absolute atomic E-state index is 12.1. The Kier molecular flexibility index (Phi) is 3.89. The van der Waals surface area contributed by atoms with E-state index in [0.717, 1.165) is 6.54 Å². The number of rotatable bonds is 4. The van der Waals surface area contributed by atoms with Gasteiger partial charge in [0.15, 0.2) is 0 Å². The Bertz CT molecular complexity index is 531. The number of nitrogens with zero attached hydrogens (tertiary/aromatic N) is 2. The van der Waals surface area contributed by atoms with Gasteiger partial charge in [-0.25, -0.2) is 4.79 Å². The lowest BCUT2D eigenvalue weighted by molar-refractivity contribution is -0.128. The molecule has 1 unspecified atom stereocenters. The van der Waals surface area contributed by atoms with Crippen molar-refractivity contribution in [3.8, 4) is 0 Å². The molecule has 5 nitrogen and oxygen atoms in total. The van der Waals surface area contributed by atoms with Gasteiger partial charge in [-0.3, -0.25) is 4.79 Å². The first-order valence-corrected chi connectivity index (χ1v) is 8.57. The lowest BCUT2D eigenvalue weighted by Gasteiger charge is -2.26. The normalized spacial score (nSPS) is 22.8. The maximum Gasteiger partial charge on any atom is 0.317 e. The van der Waals surface area contributed by atoms with E-state index in [4.69, 9.17) is 0 Å². The molecule has 0 saturated carbocycles. The number of hydrogen-bond acceptors (Lipinski definition) is 4. The molecule has 3 rings (SSSR count). The van der Waals surface area contributed by atoms with Crippen molar-refractivity contribution < 1.29 is 9.59 Å². The van der Waals surface area contributed by atoms with Crippen LogP contribution in [0.3, 0.4) is 0 Å². The molecule has 2 aliphatic heterocycles. The van der Waals surface area contributed by atoms with E-state index in [0.29, 0.717) is 25.4 Å². The average molecular weight is 311 g/mol. The Labute approximate surface area is 126 Å². The molecule has 2 saturated heterocycles. The minimum atomic E-state index is -0.0202. The predicted octanol–water partition coefficient (Wildman–Crippen LogP) is 1.66. The summed E-state index contributed by atoms with van der Waals surface area (Å²) in [5.74, 6) is 0.709. The summed E-state index contributed by atoms with van der Waals surface area (Å²) in [7, 11) is 0. The number of thioether (sulfide) groups is 1. The lowest BCUT2D eigenvalue weighted by Crippen LogP contribution is -2.38. The molecule has 1 N–H and O–H groups in total. The van der Waals surface area contributed by atoms with E-state index in [1.54, 1.807) is 28.0 Å². The van der Waals surface area contributed by atoms with Crippen LogP contribution in [-0.4, -0.2) is 53.7 Å². The minimum Gasteiger partial charge on any atom is -0.336 e. The summed E-state index contributed by atoms with van der Waals surface area (Å²) in [6.07, 6.45) is 0. The van der Waals surface area contributed by atoms with Crippen LogP contribution in [-0.2, 0) is 4.79 Å². The standard InChI is InChI=1S/C13H17N3O2S2/c1-9-2-7-19-11(9)12-16(10(17)8-20-12)6-5-15-4-3-14-13(15)18/h2,7,12H,3-6,8H2,1H3,(H,14,18). The van der Waals surface area contributed by atoms with Crippen LogP contribution in [0, 0.1) is 6.92 Å². The highest BCUT2D eigenvalue weighted by molar-refractivity contribution is 8.00. The first-order chi connectivity index (χ1) is 9.66. The molecule has 1 atom stereocenters. The second-order valence-electron chi connectivity index (χ2n) is 4.94. The number of urea groups is 1. The molecule has 0 aromatic carbocycles. The summed E-state index contributed by atoms with van der Waals surface area (Å²) in [6, 6.07) is 2.07. The number of hydrogen-bond donors (Lipinski definition) is 1. The van der Waals surface area contributed by atoms with E-state index < -0.39 is 0 Å². The summed E-state index contributed by atoms with van der Waals surface area (Å²) in [5.41, 5.74) is 1.24. The summed E-state index contributed by atoms with van der Waals surface area (Å²) in [4.78, 5) is 28.5. The van der Waals surface area contributed by atoms with Gasteiger partial charge in [-0.05, 0) is 23.9 Å². The van der Waals surface area contributed by atoms with Crippen molar-refractivity contribution in [2.45, 2.75) is 12.3 Å². The van der Waals surface area contributed by atoms with Crippen molar-refractivity contribution in [2.75, 3.05) is 31.9 Å². The number of carbonyl (C=O) groups is 2. The zero-order valence-corrected chi connectivity index (χ0v) is 12.9. The molecule has 1 aromatic heterocycles. The molecule has 108 valence electrons. The molecule has 1 aromatic rings. The molecule has 0 spiro atoms. The second kappa shape index (κ2) is 5.65. The van der Waals surface area contributed by atoms with Crippen LogP contribution in [0.2, 0.25) is 0 Å². The summed E-state index contributed by atoms with van der Waals surface area (Å²) < 4.78 is 0. The highest BCUT2D eigenvalue weighted by atomic mass is 32.2. The topological polar surface area (TPSA) is 52.7 Å². The van der Waals surface area contributed by atoms with E-state index in [1.807, 2.05) is 4.90 Å². The molecule has 20 heavy (non-hydrogen) atoms. The Morgan fingerprint density at radius 2 is 2.25 bits per heavy atom. The molecule has 7 heteroatoms. The van der Waals surface area contributed by atoms with Crippen molar-refractivity contribution in [3.05, 3.63) is 21.9 Å². The number of nitrogens with one attached hydrogen (secondary N) is 1. The van der Waals surface area contributed by atoms with Gasteiger partial charge in [-0.2, -0.15) is 0 Å². The Morgan fingerprint density at radius 3 is 2.90 bits per heavy atom. The number of thiophene rings is 1. The van der Waals surface area contributed by atoms with E-state index in [2.05, 4.69) is 23.7 Å². The number of amides is 3. The van der Waals surface area contributed by atoms with Gasteiger partial charge in [0.25, 0.3) is 0 Å². The van der Waals surface area contributed by atoms with Gasteiger partial charge in [-0.1, -0.05) is 0 Å². The Hall–Kier alpha value is -1.21. The van der Waals surface area contributed by atoms with Gasteiger partial charge < -0.3 is 15.1 Å². The zero-order valence-electron chi connectivity index (χ0n) is 11.3. The quantitative estimate of drug-likeness (QED) is 0.920. The van der Waals surface area contributed by atoms with Gasteiger partial charge in [0.2, 0.25) is 5.91 Å². The van der Waals surface area contributed by atoms with Crippen LogP contribution < -0.4 is 5.32 Å². The molecule has 0 aliphatic carbocycles. The highest BCUT2D eigenvalue weighted by Crippen LogP contribution is 2.41. The summed E-state index contributed by atoms with van der Waals surface area (Å²) >= 11 is 3.39. The first kappa shape index (κ1) is 13.8. The van der Waals surface area contributed by atoms with Crippen LogP contribution in [0.1, 0.15) is 15.8 Å². The fraction of sp³-hybridized carbons (Fsp3) is 0.538. The molecule has 3 heterocycles. The van der Waals surface area contributed by atoms with Gasteiger partial charge in [0.1, 0.15) is 5.37 Å². The van der Waals surface area contributed by atoms with Gasteiger partial charge in [0.05, 0.1) is 5.75 Å². The largest absolute Gasteiger partial charge is 0.336 e. The third-order valence-corrected chi connectivity index (χ3v) is 6.09. The first-order valence-electron chi connectivity index (χ1n) is 6.64. The SMILES string of the molecule is Cc1ccsc1C1SCC(=O)N1CCN1CCNC1=O. The zero-order chi connectivity index (χ0) is 14.1. The predicted molar refractivity (Wildman–Crippen MR) is 80.9 cm³/mol. The van der Waals surface area contributed by atoms with E-state index in [9.17, 15) is 9.59 Å².